The fraction of sp³-hybridized carbons (Fsp3) is 0.667. The summed E-state index contributed by atoms with van der Waals surface area (Å²) >= 11 is 0. The topological polar surface area (TPSA) is 130 Å². The van der Waals surface area contributed by atoms with Gasteiger partial charge in [0.1, 0.15) is 12.3 Å². The highest BCUT2D eigenvalue weighted by molar-refractivity contribution is 5.88. The van der Waals surface area contributed by atoms with E-state index in [0.29, 0.717) is 19.3 Å². The van der Waals surface area contributed by atoms with E-state index < -0.39 is 29.3 Å². The number of carbonyl (C=O) groups excluding carboxylic acids is 1. The van der Waals surface area contributed by atoms with Crippen LogP contribution in [0.25, 0.3) is 0 Å². The number of hydrogen-bond donors (Lipinski definition) is 3. The molecule has 0 aliphatic heterocycles. The molecule has 1 aliphatic rings. The van der Waals surface area contributed by atoms with Gasteiger partial charge in [-0.3, -0.25) is 9.59 Å². The zero-order valence-corrected chi connectivity index (χ0v) is 14.9. The summed E-state index contributed by atoms with van der Waals surface area (Å²) in [6, 6.07) is -1.16. The average molecular weight is 366 g/mol. The number of carboxylic acids is 2. The predicted molar refractivity (Wildman–Crippen MR) is 91.3 cm³/mol. The standard InChI is InChI=1S/C18H26N2O6/c1-2-5-12(15(21)22)11-18(6-3-4-7-18)17(25)20-13(16(23)24)10-14-19-8-9-26-14/h8-9,12-13H,2-7,10-11H2,1H3,(H,20,25)(H,21,22)(H,23,24)/t12-,13?/m1/s1. The number of carboxylic acid groups (broad SMARTS) is 2. The maximum atomic E-state index is 13.0. The minimum atomic E-state index is -1.17. The Morgan fingerprint density at radius 3 is 2.46 bits per heavy atom. The van der Waals surface area contributed by atoms with Crippen molar-refractivity contribution in [2.75, 3.05) is 0 Å². The van der Waals surface area contributed by atoms with Crippen molar-refractivity contribution in [2.24, 2.45) is 11.3 Å². The lowest BCUT2D eigenvalue weighted by Crippen LogP contribution is -2.49. The van der Waals surface area contributed by atoms with Crippen LogP contribution < -0.4 is 5.32 Å². The lowest BCUT2D eigenvalue weighted by atomic mass is 9.75. The highest BCUT2D eigenvalue weighted by Gasteiger charge is 2.45. The number of nitrogens with zero attached hydrogens (tertiary/aromatic N) is 1. The van der Waals surface area contributed by atoms with Crippen molar-refractivity contribution in [3.8, 4) is 0 Å². The van der Waals surface area contributed by atoms with Gasteiger partial charge in [-0.25, -0.2) is 9.78 Å². The average Bonchev–Trinajstić information content (AvgIpc) is 3.26. The number of rotatable bonds is 10. The van der Waals surface area contributed by atoms with Crippen molar-refractivity contribution in [2.45, 2.75) is 64.3 Å². The Morgan fingerprint density at radius 2 is 1.96 bits per heavy atom. The van der Waals surface area contributed by atoms with E-state index in [2.05, 4.69) is 10.3 Å². The molecular weight excluding hydrogens is 340 g/mol. The monoisotopic (exact) mass is 366 g/mol. The van der Waals surface area contributed by atoms with Gasteiger partial charge in [-0.15, -0.1) is 0 Å². The highest BCUT2D eigenvalue weighted by Crippen LogP contribution is 2.44. The second-order valence-corrected chi connectivity index (χ2v) is 7.01. The van der Waals surface area contributed by atoms with Gasteiger partial charge in [0.2, 0.25) is 5.91 Å². The Kier molecular flexibility index (Phi) is 6.76. The maximum Gasteiger partial charge on any atom is 0.326 e. The van der Waals surface area contributed by atoms with Crippen molar-refractivity contribution >= 4 is 17.8 Å². The third-order valence-corrected chi connectivity index (χ3v) is 5.13. The van der Waals surface area contributed by atoms with Crippen molar-refractivity contribution in [3.63, 3.8) is 0 Å². The van der Waals surface area contributed by atoms with E-state index >= 15 is 0 Å². The summed E-state index contributed by atoms with van der Waals surface area (Å²) in [6.07, 6.45) is 7.00. The van der Waals surface area contributed by atoms with E-state index in [4.69, 9.17) is 4.42 Å². The van der Waals surface area contributed by atoms with Gasteiger partial charge in [0.05, 0.1) is 24.0 Å². The third-order valence-electron chi connectivity index (χ3n) is 5.13. The van der Waals surface area contributed by atoms with Gasteiger partial charge in [0.15, 0.2) is 5.89 Å². The molecule has 8 heteroatoms. The lowest BCUT2D eigenvalue weighted by molar-refractivity contribution is -0.147. The minimum absolute atomic E-state index is 0.0541. The van der Waals surface area contributed by atoms with Gasteiger partial charge in [-0.05, 0) is 25.7 Å². The van der Waals surface area contributed by atoms with E-state index in [1.54, 1.807) is 0 Å². The van der Waals surface area contributed by atoms with E-state index in [0.717, 1.165) is 19.3 Å². The molecule has 1 aromatic rings. The van der Waals surface area contributed by atoms with Crippen molar-refractivity contribution in [1.29, 1.82) is 0 Å². The van der Waals surface area contributed by atoms with E-state index in [-0.39, 0.29) is 24.6 Å². The maximum absolute atomic E-state index is 13.0. The van der Waals surface area contributed by atoms with Crippen molar-refractivity contribution in [3.05, 3.63) is 18.4 Å². The van der Waals surface area contributed by atoms with Gasteiger partial charge in [0.25, 0.3) is 0 Å². The van der Waals surface area contributed by atoms with Gasteiger partial charge in [-0.1, -0.05) is 26.2 Å². The SMILES string of the molecule is CCC[C@H](CC1(C(=O)NC(Cc2ncco2)C(=O)O)CCCC1)C(=O)O. The van der Waals surface area contributed by atoms with Gasteiger partial charge in [0, 0.05) is 0 Å². The second kappa shape index (κ2) is 8.82. The highest BCUT2D eigenvalue weighted by atomic mass is 16.4. The molecule has 0 aromatic carbocycles. The molecule has 1 aromatic heterocycles. The first-order chi connectivity index (χ1) is 12.4. The van der Waals surface area contributed by atoms with Crippen LogP contribution in [0.1, 0.15) is 57.8 Å². The van der Waals surface area contributed by atoms with Crippen LogP contribution in [0, 0.1) is 11.3 Å². The van der Waals surface area contributed by atoms with Gasteiger partial charge in [-0.2, -0.15) is 0 Å². The second-order valence-electron chi connectivity index (χ2n) is 7.01. The Labute approximate surface area is 152 Å². The Balaban J connectivity index is 2.13. The minimum Gasteiger partial charge on any atom is -0.481 e. The molecule has 1 amide bonds. The smallest absolute Gasteiger partial charge is 0.326 e. The summed E-state index contributed by atoms with van der Waals surface area (Å²) in [7, 11) is 0. The van der Waals surface area contributed by atoms with Crippen LogP contribution >= 0.6 is 0 Å². The number of nitrogens with one attached hydrogen (secondary N) is 1. The van der Waals surface area contributed by atoms with E-state index in [1.165, 1.54) is 12.5 Å². The zero-order chi connectivity index (χ0) is 19.2. The number of oxazole rings is 1. The van der Waals surface area contributed by atoms with E-state index in [1.807, 2.05) is 6.92 Å². The number of hydrogen-bond acceptors (Lipinski definition) is 5. The molecule has 8 nitrogen and oxygen atoms in total. The van der Waals surface area contributed by atoms with E-state index in [9.17, 15) is 24.6 Å². The number of carbonyl (C=O) groups is 3. The summed E-state index contributed by atoms with van der Waals surface area (Å²) in [5, 5.41) is 21.5. The third kappa shape index (κ3) is 4.83. The molecule has 2 rings (SSSR count). The molecule has 1 unspecified atom stereocenters. The van der Waals surface area contributed by atoms with Gasteiger partial charge < -0.3 is 19.9 Å². The largest absolute Gasteiger partial charge is 0.481 e. The number of amides is 1. The van der Waals surface area contributed by atoms with Crippen LogP contribution in [-0.4, -0.2) is 39.1 Å². The van der Waals surface area contributed by atoms with Crippen molar-refractivity contribution in [1.82, 2.24) is 10.3 Å². The predicted octanol–water partition coefficient (Wildman–Crippen LogP) is 2.24. The molecule has 144 valence electrons. The molecule has 1 saturated carbocycles. The van der Waals surface area contributed by atoms with Gasteiger partial charge >= 0.3 is 11.9 Å². The quantitative estimate of drug-likeness (QED) is 0.579. The summed E-state index contributed by atoms with van der Waals surface area (Å²) < 4.78 is 5.07. The lowest BCUT2D eigenvalue weighted by Gasteiger charge is -2.31. The summed E-state index contributed by atoms with van der Waals surface area (Å²) in [5.74, 6) is -2.82. The first-order valence-electron chi connectivity index (χ1n) is 9.03. The first-order valence-corrected chi connectivity index (χ1v) is 9.03. The van der Waals surface area contributed by atoms with Crippen LogP contribution in [0.4, 0.5) is 0 Å². The summed E-state index contributed by atoms with van der Waals surface area (Å²) in [5.41, 5.74) is -0.817. The van der Waals surface area contributed by atoms with Crippen LogP contribution in [0.5, 0.6) is 0 Å². The van der Waals surface area contributed by atoms with Crippen LogP contribution in [-0.2, 0) is 20.8 Å². The molecule has 26 heavy (non-hydrogen) atoms. The number of aromatic nitrogens is 1. The molecule has 0 radical (unpaired) electrons. The molecule has 1 fully saturated rings. The summed E-state index contributed by atoms with van der Waals surface area (Å²) in [6.45, 7) is 1.91. The Bertz CT molecular complexity index is 622. The number of aliphatic carboxylic acids is 2. The fourth-order valence-corrected chi connectivity index (χ4v) is 3.75. The van der Waals surface area contributed by atoms with Crippen LogP contribution in [0.3, 0.4) is 0 Å². The Morgan fingerprint density at radius 1 is 1.27 bits per heavy atom. The molecule has 1 aliphatic carbocycles. The van der Waals surface area contributed by atoms with Crippen LogP contribution in [0.2, 0.25) is 0 Å². The molecule has 2 atom stereocenters. The normalized spacial score (nSPS) is 18.2. The zero-order valence-electron chi connectivity index (χ0n) is 14.9. The molecular formula is C18H26N2O6. The molecule has 1 heterocycles. The Hall–Kier alpha value is -2.38. The van der Waals surface area contributed by atoms with Crippen molar-refractivity contribution < 1.29 is 29.0 Å². The van der Waals surface area contributed by atoms with Crippen LogP contribution in [0.15, 0.2) is 16.9 Å². The fourth-order valence-electron chi connectivity index (χ4n) is 3.75. The molecule has 0 saturated heterocycles. The summed E-state index contributed by atoms with van der Waals surface area (Å²) in [4.78, 5) is 39.9. The molecule has 0 spiro atoms. The molecule has 0 bridgehead atoms. The first kappa shape index (κ1) is 19.9. The molecule has 3 N–H and O–H groups in total.